The van der Waals surface area contributed by atoms with Crippen molar-refractivity contribution in [3.63, 3.8) is 0 Å². The number of amides is 2. The molecule has 3 rings (SSSR count). The molecular weight excluding hydrogens is 450 g/mol. The number of sulfonamides is 1. The van der Waals surface area contributed by atoms with Gasteiger partial charge in [-0.25, -0.2) is 8.42 Å². The highest BCUT2D eigenvalue weighted by atomic mass is 32.2. The number of hydrogen-bond acceptors (Lipinski definition) is 4. The quantitative estimate of drug-likeness (QED) is 0.505. The van der Waals surface area contributed by atoms with Crippen LogP contribution >= 0.6 is 0 Å². The van der Waals surface area contributed by atoms with E-state index in [1.54, 1.807) is 21.3 Å². The molecular formula is C26H35N3O4S. The summed E-state index contributed by atoms with van der Waals surface area (Å²) < 4.78 is 27.8. The highest BCUT2D eigenvalue weighted by molar-refractivity contribution is 7.89. The summed E-state index contributed by atoms with van der Waals surface area (Å²) in [5.41, 5.74) is 2.33. The van der Waals surface area contributed by atoms with E-state index in [-0.39, 0.29) is 23.1 Å². The number of aryl methyl sites for hydroxylation is 1. The molecule has 184 valence electrons. The molecule has 1 unspecified atom stereocenters. The fourth-order valence-corrected chi connectivity index (χ4v) is 5.62. The van der Waals surface area contributed by atoms with E-state index in [1.807, 2.05) is 45.0 Å². The van der Waals surface area contributed by atoms with Gasteiger partial charge in [0.25, 0.3) is 0 Å². The highest BCUT2D eigenvalue weighted by Gasteiger charge is 2.35. The minimum atomic E-state index is -3.59. The molecule has 0 aliphatic carbocycles. The molecule has 2 aromatic carbocycles. The van der Waals surface area contributed by atoms with Gasteiger partial charge in [-0.3, -0.25) is 9.59 Å². The number of para-hydroxylation sites is 1. The van der Waals surface area contributed by atoms with Gasteiger partial charge in [-0.2, -0.15) is 4.31 Å². The van der Waals surface area contributed by atoms with Crippen LogP contribution in [0.1, 0.15) is 51.5 Å². The first-order valence-electron chi connectivity index (χ1n) is 12.0. The molecule has 1 saturated heterocycles. The molecule has 1 fully saturated rings. The van der Waals surface area contributed by atoms with E-state index >= 15 is 0 Å². The summed E-state index contributed by atoms with van der Waals surface area (Å²) >= 11 is 0. The van der Waals surface area contributed by atoms with Gasteiger partial charge in [0.1, 0.15) is 0 Å². The summed E-state index contributed by atoms with van der Waals surface area (Å²) in [6, 6.07) is 13.9. The SMILES string of the molecule is CCCCN(CCCC)S(=O)(=O)c1ccc(NC(=O)C2CC(=O)N(c3ccccc3C)C2)cc1. The first-order valence-corrected chi connectivity index (χ1v) is 13.5. The minimum absolute atomic E-state index is 0.0739. The highest BCUT2D eigenvalue weighted by Crippen LogP contribution is 2.28. The van der Waals surface area contributed by atoms with Crippen LogP contribution in [-0.2, 0) is 19.6 Å². The average molecular weight is 486 g/mol. The maximum Gasteiger partial charge on any atom is 0.243 e. The van der Waals surface area contributed by atoms with E-state index in [0.717, 1.165) is 36.9 Å². The largest absolute Gasteiger partial charge is 0.326 e. The zero-order chi connectivity index (χ0) is 24.7. The van der Waals surface area contributed by atoms with Crippen molar-refractivity contribution >= 4 is 33.2 Å². The van der Waals surface area contributed by atoms with Gasteiger partial charge in [-0.05, 0) is 55.7 Å². The van der Waals surface area contributed by atoms with Gasteiger partial charge in [-0.1, -0.05) is 44.9 Å². The van der Waals surface area contributed by atoms with Crippen LogP contribution in [0.25, 0.3) is 0 Å². The summed E-state index contributed by atoms with van der Waals surface area (Å²) in [5, 5.41) is 2.84. The summed E-state index contributed by atoms with van der Waals surface area (Å²) in [7, 11) is -3.59. The molecule has 1 aliphatic rings. The molecule has 1 N–H and O–H groups in total. The molecule has 7 nitrogen and oxygen atoms in total. The Morgan fingerprint density at radius 3 is 2.24 bits per heavy atom. The number of nitrogens with zero attached hydrogens (tertiary/aromatic N) is 2. The van der Waals surface area contributed by atoms with Crippen LogP contribution < -0.4 is 10.2 Å². The third-order valence-corrected chi connectivity index (χ3v) is 8.10. The Morgan fingerprint density at radius 1 is 1.03 bits per heavy atom. The predicted octanol–water partition coefficient (Wildman–Crippen LogP) is 4.58. The smallest absolute Gasteiger partial charge is 0.243 e. The van der Waals surface area contributed by atoms with E-state index in [1.165, 1.54) is 12.1 Å². The molecule has 2 aromatic rings. The van der Waals surface area contributed by atoms with Crippen LogP contribution in [0.2, 0.25) is 0 Å². The number of hydrogen-bond donors (Lipinski definition) is 1. The van der Waals surface area contributed by atoms with Crippen molar-refractivity contribution in [1.29, 1.82) is 0 Å². The molecule has 0 saturated carbocycles. The van der Waals surface area contributed by atoms with Crippen LogP contribution in [0.4, 0.5) is 11.4 Å². The van der Waals surface area contributed by atoms with Gasteiger partial charge in [0.05, 0.1) is 10.8 Å². The van der Waals surface area contributed by atoms with Crippen molar-refractivity contribution in [3.05, 3.63) is 54.1 Å². The fraction of sp³-hybridized carbons (Fsp3) is 0.462. The molecule has 0 spiro atoms. The molecule has 1 heterocycles. The zero-order valence-corrected chi connectivity index (χ0v) is 21.1. The lowest BCUT2D eigenvalue weighted by molar-refractivity contribution is -0.122. The van der Waals surface area contributed by atoms with E-state index in [0.29, 0.717) is 25.3 Å². The van der Waals surface area contributed by atoms with Gasteiger partial charge in [0, 0.05) is 37.4 Å². The van der Waals surface area contributed by atoms with Gasteiger partial charge in [-0.15, -0.1) is 0 Å². The Labute approximate surface area is 203 Å². The second kappa shape index (κ2) is 11.6. The topological polar surface area (TPSA) is 86.8 Å². The third kappa shape index (κ3) is 6.04. The number of anilines is 2. The Morgan fingerprint density at radius 2 is 1.65 bits per heavy atom. The number of nitrogens with one attached hydrogen (secondary N) is 1. The van der Waals surface area contributed by atoms with E-state index in [9.17, 15) is 18.0 Å². The minimum Gasteiger partial charge on any atom is -0.326 e. The molecule has 0 radical (unpaired) electrons. The molecule has 34 heavy (non-hydrogen) atoms. The van der Waals surface area contributed by atoms with Crippen molar-refractivity contribution in [2.75, 3.05) is 29.9 Å². The number of carbonyl (C=O) groups is 2. The lowest BCUT2D eigenvalue weighted by atomic mass is 10.1. The first-order chi connectivity index (χ1) is 16.3. The molecule has 1 atom stereocenters. The van der Waals surface area contributed by atoms with Crippen molar-refractivity contribution < 1.29 is 18.0 Å². The first kappa shape index (κ1) is 25.9. The lowest BCUT2D eigenvalue weighted by Crippen LogP contribution is -2.33. The molecule has 0 bridgehead atoms. The number of unbranched alkanes of at least 4 members (excludes halogenated alkanes) is 2. The van der Waals surface area contributed by atoms with Gasteiger partial charge in [0.2, 0.25) is 21.8 Å². The lowest BCUT2D eigenvalue weighted by Gasteiger charge is -2.22. The average Bonchev–Trinajstić information content (AvgIpc) is 3.21. The Kier molecular flexibility index (Phi) is 8.85. The Hall–Kier alpha value is -2.71. The van der Waals surface area contributed by atoms with Crippen molar-refractivity contribution in [2.24, 2.45) is 5.92 Å². The monoisotopic (exact) mass is 485 g/mol. The van der Waals surface area contributed by atoms with Crippen molar-refractivity contribution in [2.45, 2.75) is 57.8 Å². The molecule has 2 amide bonds. The maximum atomic E-state index is 13.1. The van der Waals surface area contributed by atoms with E-state index in [2.05, 4.69) is 5.32 Å². The number of carbonyl (C=O) groups excluding carboxylic acids is 2. The summed E-state index contributed by atoms with van der Waals surface area (Å²) in [6.45, 7) is 7.36. The van der Waals surface area contributed by atoms with Crippen molar-refractivity contribution in [1.82, 2.24) is 4.31 Å². The van der Waals surface area contributed by atoms with Crippen LogP contribution in [0.3, 0.4) is 0 Å². The normalized spacial score (nSPS) is 16.3. The number of rotatable bonds is 11. The molecule has 8 heteroatoms. The Balaban J connectivity index is 1.66. The van der Waals surface area contributed by atoms with Crippen LogP contribution in [-0.4, -0.2) is 44.2 Å². The Bertz CT molecular complexity index is 1090. The second-order valence-corrected chi connectivity index (χ2v) is 10.8. The number of benzene rings is 2. The zero-order valence-electron chi connectivity index (χ0n) is 20.3. The fourth-order valence-electron chi connectivity index (χ4n) is 4.11. The van der Waals surface area contributed by atoms with Gasteiger partial charge < -0.3 is 10.2 Å². The van der Waals surface area contributed by atoms with Crippen LogP contribution in [0.15, 0.2) is 53.4 Å². The standard InChI is InChI=1S/C26H35N3O4S/c1-4-6-16-28(17-7-5-2)34(32,33)23-14-12-22(13-15-23)27-26(31)21-18-25(30)29(19-21)24-11-9-8-10-20(24)3/h8-15,21H,4-7,16-19H2,1-3H3,(H,27,31). The van der Waals surface area contributed by atoms with Crippen molar-refractivity contribution in [3.8, 4) is 0 Å². The maximum absolute atomic E-state index is 13.1. The summed E-state index contributed by atoms with van der Waals surface area (Å²) in [6.07, 6.45) is 3.63. The van der Waals surface area contributed by atoms with E-state index < -0.39 is 15.9 Å². The molecule has 0 aromatic heterocycles. The van der Waals surface area contributed by atoms with Crippen LogP contribution in [0.5, 0.6) is 0 Å². The second-order valence-electron chi connectivity index (χ2n) is 8.82. The summed E-state index contributed by atoms with van der Waals surface area (Å²) in [5.74, 6) is -0.781. The van der Waals surface area contributed by atoms with Crippen LogP contribution in [0, 0.1) is 12.8 Å². The summed E-state index contributed by atoms with van der Waals surface area (Å²) in [4.78, 5) is 27.3. The van der Waals surface area contributed by atoms with Gasteiger partial charge in [0.15, 0.2) is 0 Å². The third-order valence-electron chi connectivity index (χ3n) is 6.18. The van der Waals surface area contributed by atoms with E-state index in [4.69, 9.17) is 0 Å². The predicted molar refractivity (Wildman–Crippen MR) is 135 cm³/mol. The molecule has 1 aliphatic heterocycles. The van der Waals surface area contributed by atoms with Gasteiger partial charge >= 0.3 is 0 Å².